The van der Waals surface area contributed by atoms with E-state index in [4.69, 9.17) is 9.66 Å². The predicted octanol–water partition coefficient (Wildman–Crippen LogP) is 4.31. The molecule has 2 N–H and O–H groups in total. The molecular weight excluding hydrogens is 479 g/mol. The minimum atomic E-state index is -4.02. The number of ether oxygens (including phenoxy) is 1. The van der Waals surface area contributed by atoms with Crippen LogP contribution in [-0.2, 0) is 14.9 Å². The second-order valence-electron chi connectivity index (χ2n) is 7.35. The van der Waals surface area contributed by atoms with Gasteiger partial charge in [0.15, 0.2) is 0 Å². The van der Waals surface area contributed by atoms with Crippen LogP contribution in [0.5, 0.6) is 0 Å². The monoisotopic (exact) mass is 510 g/mol. The molecule has 0 unspecified atom stereocenters. The second-order valence-corrected chi connectivity index (χ2v) is 11.0. The Hall–Kier alpha value is -2.86. The molecule has 0 aromatic heterocycles. The smallest absolute Gasteiger partial charge is 0.294 e. The largest absolute Gasteiger partial charge is 0.394 e. The van der Waals surface area contributed by atoms with Crippen molar-refractivity contribution in [3.63, 3.8) is 0 Å². The van der Waals surface area contributed by atoms with Gasteiger partial charge in [0.05, 0.1) is 18.1 Å². The van der Waals surface area contributed by atoms with Crippen LogP contribution in [0, 0.1) is 6.92 Å². The van der Waals surface area contributed by atoms with Crippen molar-refractivity contribution in [3.05, 3.63) is 121 Å². The highest BCUT2D eigenvalue weighted by atomic mass is 32.2. The highest BCUT2D eigenvalue weighted by molar-refractivity contribution is 7.85. The van der Waals surface area contributed by atoms with E-state index in [0.29, 0.717) is 6.61 Å². The third kappa shape index (κ3) is 10.1. The number of rotatable bonds is 6. The van der Waals surface area contributed by atoms with Gasteiger partial charge in [0.25, 0.3) is 10.1 Å². The van der Waals surface area contributed by atoms with Gasteiger partial charge in [-0.1, -0.05) is 109 Å². The molecule has 5 nitrogen and oxygen atoms in total. The summed E-state index contributed by atoms with van der Waals surface area (Å²) in [6.07, 6.45) is 0. The van der Waals surface area contributed by atoms with Gasteiger partial charge in [-0.15, -0.1) is 0 Å². The molecule has 0 heterocycles. The Morgan fingerprint density at radius 2 is 1.06 bits per heavy atom. The molecule has 0 aliphatic carbocycles. The Morgan fingerprint density at radius 3 is 1.31 bits per heavy atom. The fourth-order valence-electron chi connectivity index (χ4n) is 2.98. The quantitative estimate of drug-likeness (QED) is 0.298. The Bertz CT molecular complexity index is 1100. The van der Waals surface area contributed by atoms with Crippen molar-refractivity contribution in [1.82, 2.24) is 0 Å². The topological polar surface area (TPSA) is 83.8 Å². The zero-order chi connectivity index (χ0) is 25.5. The van der Waals surface area contributed by atoms with Crippen LogP contribution in [0.2, 0.25) is 0 Å². The van der Waals surface area contributed by atoms with E-state index < -0.39 is 18.0 Å². The maximum absolute atomic E-state index is 10.5. The lowest BCUT2D eigenvalue weighted by atomic mass is 10.2. The van der Waals surface area contributed by atoms with Gasteiger partial charge in [-0.05, 0) is 42.9 Å². The molecule has 4 rings (SSSR count). The lowest BCUT2D eigenvalue weighted by Crippen LogP contribution is -2.20. The van der Waals surface area contributed by atoms with Gasteiger partial charge in [-0.25, -0.2) is 0 Å². The molecule has 0 bridgehead atoms. The number of aliphatic hydroxyl groups excluding tert-OH is 1. The van der Waals surface area contributed by atoms with Crippen LogP contribution in [-0.4, -0.2) is 38.4 Å². The average molecular weight is 511 g/mol. The number of methoxy groups -OCH3 is 1. The Labute approximate surface area is 209 Å². The van der Waals surface area contributed by atoms with Crippen molar-refractivity contribution in [1.29, 1.82) is 0 Å². The molecule has 0 fully saturated rings. The molecule has 0 atom stereocenters. The summed E-state index contributed by atoms with van der Waals surface area (Å²) >= 11 is 0. The summed E-state index contributed by atoms with van der Waals surface area (Å²) in [6.45, 7) is 2.41. The molecule has 4 aromatic rings. The molecule has 184 valence electrons. The van der Waals surface area contributed by atoms with Crippen LogP contribution >= 0.6 is 7.92 Å². The van der Waals surface area contributed by atoms with Crippen LogP contribution in [0.3, 0.4) is 0 Å². The van der Waals surface area contributed by atoms with E-state index in [1.807, 2.05) is 6.92 Å². The highest BCUT2D eigenvalue weighted by Crippen LogP contribution is 2.32. The van der Waals surface area contributed by atoms with Crippen molar-refractivity contribution >= 4 is 34.0 Å². The number of benzene rings is 4. The summed E-state index contributed by atoms with van der Waals surface area (Å²) in [5.41, 5.74) is 0.956. The molecular formula is C28H31O5PS. The third-order valence-corrected chi connectivity index (χ3v) is 7.97. The van der Waals surface area contributed by atoms with E-state index in [-0.39, 0.29) is 11.5 Å². The molecule has 0 spiro atoms. The Morgan fingerprint density at radius 1 is 0.686 bits per heavy atom. The summed E-state index contributed by atoms with van der Waals surface area (Å²) in [5, 5.41) is 12.1. The molecule has 35 heavy (non-hydrogen) atoms. The second kappa shape index (κ2) is 15.2. The maximum atomic E-state index is 10.5. The van der Waals surface area contributed by atoms with Crippen molar-refractivity contribution in [2.75, 3.05) is 20.3 Å². The van der Waals surface area contributed by atoms with E-state index in [1.54, 1.807) is 19.2 Å². The van der Waals surface area contributed by atoms with Crippen molar-refractivity contribution in [2.24, 2.45) is 0 Å². The van der Waals surface area contributed by atoms with E-state index in [9.17, 15) is 8.42 Å². The van der Waals surface area contributed by atoms with Gasteiger partial charge in [-0.3, -0.25) is 4.55 Å². The van der Waals surface area contributed by atoms with Crippen LogP contribution in [0.1, 0.15) is 5.56 Å². The van der Waals surface area contributed by atoms with Gasteiger partial charge >= 0.3 is 0 Å². The first kappa shape index (κ1) is 28.4. The summed E-state index contributed by atoms with van der Waals surface area (Å²) in [5.74, 6) is 0. The van der Waals surface area contributed by atoms with E-state index >= 15 is 0 Å². The maximum Gasteiger partial charge on any atom is 0.294 e. The van der Waals surface area contributed by atoms with Gasteiger partial charge in [0, 0.05) is 7.11 Å². The zero-order valence-electron chi connectivity index (χ0n) is 19.9. The first-order valence-electron chi connectivity index (χ1n) is 11.0. The van der Waals surface area contributed by atoms with Crippen LogP contribution in [0.4, 0.5) is 0 Å². The standard InChI is InChI=1S/C18H15P.C7H8O3S.C3H8O2/c1-4-10-16(11-5-1)19(17-12-6-2-7-13-17)18-14-8-3-9-15-18;1-6-2-4-7(5-3-6)11(8,9)10;1-5-3-2-4/h1-15H;2-5H,1H3,(H,8,9,10);4H,2-3H2,1H3. The molecule has 0 amide bonds. The van der Waals surface area contributed by atoms with Gasteiger partial charge in [0.1, 0.15) is 0 Å². The SMILES string of the molecule is COCCO.Cc1ccc(S(=O)(=O)O)cc1.c1ccc(P(c2ccccc2)c2ccccc2)cc1. The molecule has 0 aliphatic rings. The van der Waals surface area contributed by atoms with Gasteiger partial charge in [-0.2, -0.15) is 8.42 Å². The van der Waals surface area contributed by atoms with Gasteiger partial charge in [0.2, 0.25) is 0 Å². The first-order valence-corrected chi connectivity index (χ1v) is 13.7. The number of hydrogen-bond donors (Lipinski definition) is 2. The number of aryl methyl sites for hydroxylation is 1. The third-order valence-electron chi connectivity index (χ3n) is 4.66. The van der Waals surface area contributed by atoms with Crippen LogP contribution in [0.25, 0.3) is 0 Å². The lowest BCUT2D eigenvalue weighted by Gasteiger charge is -2.18. The van der Waals surface area contributed by atoms with E-state index in [2.05, 4.69) is 95.7 Å². The molecule has 0 saturated heterocycles. The number of hydrogen-bond acceptors (Lipinski definition) is 4. The average Bonchev–Trinajstić information content (AvgIpc) is 2.87. The zero-order valence-corrected chi connectivity index (χ0v) is 21.6. The van der Waals surface area contributed by atoms with Crippen LogP contribution < -0.4 is 15.9 Å². The normalized spacial score (nSPS) is 10.5. The Kier molecular flexibility index (Phi) is 12.3. The minimum absolute atomic E-state index is 0.0666. The molecule has 0 radical (unpaired) electrons. The van der Waals surface area contributed by atoms with Crippen molar-refractivity contribution in [2.45, 2.75) is 11.8 Å². The summed E-state index contributed by atoms with van der Waals surface area (Å²) < 4.78 is 34.0. The minimum Gasteiger partial charge on any atom is -0.394 e. The van der Waals surface area contributed by atoms with Gasteiger partial charge < -0.3 is 9.84 Å². The van der Waals surface area contributed by atoms with E-state index in [1.165, 1.54) is 28.0 Å². The fourth-order valence-corrected chi connectivity index (χ4v) is 5.77. The summed E-state index contributed by atoms with van der Waals surface area (Å²) in [7, 11) is -2.91. The first-order chi connectivity index (χ1) is 16.9. The summed E-state index contributed by atoms with van der Waals surface area (Å²) in [4.78, 5) is -0.0666. The van der Waals surface area contributed by atoms with Crippen molar-refractivity contribution < 1.29 is 22.8 Å². The fraction of sp³-hybridized carbons (Fsp3) is 0.143. The molecule has 0 saturated carbocycles. The molecule has 0 aliphatic heterocycles. The van der Waals surface area contributed by atoms with Crippen molar-refractivity contribution in [3.8, 4) is 0 Å². The van der Waals surface area contributed by atoms with Crippen LogP contribution in [0.15, 0.2) is 120 Å². The number of aliphatic hydroxyl groups is 1. The molecule has 4 aromatic carbocycles. The van der Waals surface area contributed by atoms with E-state index in [0.717, 1.165) is 5.56 Å². The summed E-state index contributed by atoms with van der Waals surface area (Å²) in [6, 6.07) is 38.3. The Balaban J connectivity index is 0.000000228. The lowest BCUT2D eigenvalue weighted by molar-refractivity contribution is 0.135. The highest BCUT2D eigenvalue weighted by Gasteiger charge is 2.15. The molecule has 7 heteroatoms. The predicted molar refractivity (Wildman–Crippen MR) is 145 cm³/mol.